The molecule has 0 bridgehead atoms. The highest BCUT2D eigenvalue weighted by atomic mass is 32.1. The van der Waals surface area contributed by atoms with Crippen LogP contribution in [0, 0.1) is 23.4 Å². The minimum atomic E-state index is -0.886. The Balaban J connectivity index is 2.00. The zero-order valence-corrected chi connectivity index (χ0v) is 11.4. The third-order valence-electron chi connectivity index (χ3n) is 3.93. The molecule has 4 rings (SSSR count). The predicted molar refractivity (Wildman–Crippen MR) is 75.6 cm³/mol. The monoisotopic (exact) mass is 292 g/mol. The molecular weight excluding hydrogens is 281 g/mol. The van der Waals surface area contributed by atoms with E-state index in [9.17, 15) is 13.2 Å². The summed E-state index contributed by atoms with van der Waals surface area (Å²) in [5, 5.41) is 1.25. The fourth-order valence-electron chi connectivity index (χ4n) is 2.65. The van der Waals surface area contributed by atoms with Crippen LogP contribution in [0.25, 0.3) is 20.2 Å². The van der Waals surface area contributed by atoms with Crippen molar-refractivity contribution < 1.29 is 13.2 Å². The first kappa shape index (κ1) is 12.2. The van der Waals surface area contributed by atoms with Gasteiger partial charge in [-0.15, -0.1) is 11.3 Å². The molecule has 0 N–H and O–H groups in total. The molecule has 102 valence electrons. The van der Waals surface area contributed by atoms with Crippen LogP contribution in [-0.2, 0) is 6.42 Å². The van der Waals surface area contributed by atoms with Crippen molar-refractivity contribution in [3.05, 3.63) is 47.3 Å². The Morgan fingerprint density at radius 1 is 0.900 bits per heavy atom. The van der Waals surface area contributed by atoms with E-state index in [1.165, 1.54) is 6.07 Å². The second-order valence-corrected chi connectivity index (χ2v) is 6.42. The summed E-state index contributed by atoms with van der Waals surface area (Å²) < 4.78 is 42.2. The molecule has 0 saturated heterocycles. The summed E-state index contributed by atoms with van der Waals surface area (Å²) in [6.07, 6.45) is 3.06. The maximum absolute atomic E-state index is 14.5. The second-order valence-electron chi connectivity index (χ2n) is 5.40. The molecular formula is C16H11F3S. The summed E-state index contributed by atoms with van der Waals surface area (Å²) >= 11 is 1.00. The van der Waals surface area contributed by atoms with E-state index in [4.69, 9.17) is 0 Å². The van der Waals surface area contributed by atoms with E-state index in [0.717, 1.165) is 36.7 Å². The molecule has 0 unspecified atom stereocenters. The standard InChI is InChI=1S/C16H11F3S/c17-12-6-5-11-10-4-3-9(7-8-1-2-8)13(18)15(10)20-16(11)14(12)19/h3-6,8H,1-2,7H2. The van der Waals surface area contributed by atoms with E-state index < -0.39 is 11.6 Å². The third kappa shape index (κ3) is 1.74. The normalized spacial score (nSPS) is 15.3. The van der Waals surface area contributed by atoms with Gasteiger partial charge in [0.25, 0.3) is 0 Å². The lowest BCUT2D eigenvalue weighted by molar-refractivity contribution is 0.518. The summed E-state index contributed by atoms with van der Waals surface area (Å²) in [7, 11) is 0. The Kier molecular flexibility index (Phi) is 2.58. The molecule has 20 heavy (non-hydrogen) atoms. The van der Waals surface area contributed by atoms with Crippen LogP contribution in [0.1, 0.15) is 18.4 Å². The van der Waals surface area contributed by atoms with Crippen molar-refractivity contribution in [2.24, 2.45) is 5.92 Å². The minimum absolute atomic E-state index is 0.197. The molecule has 0 aliphatic heterocycles. The van der Waals surface area contributed by atoms with Crippen LogP contribution in [0.5, 0.6) is 0 Å². The van der Waals surface area contributed by atoms with Crippen molar-refractivity contribution in [3.63, 3.8) is 0 Å². The molecule has 4 heteroatoms. The SMILES string of the molecule is Fc1ccc2c(sc3c(F)c(CC4CC4)ccc32)c1F. The lowest BCUT2D eigenvalue weighted by Crippen LogP contribution is -1.91. The van der Waals surface area contributed by atoms with Gasteiger partial charge in [-0.05, 0) is 42.9 Å². The average Bonchev–Trinajstić information content (AvgIpc) is 3.16. The Labute approximate surface area is 117 Å². The maximum atomic E-state index is 14.5. The van der Waals surface area contributed by atoms with Gasteiger partial charge in [-0.1, -0.05) is 12.1 Å². The van der Waals surface area contributed by atoms with Crippen molar-refractivity contribution in [1.29, 1.82) is 0 Å². The molecule has 2 aromatic carbocycles. The van der Waals surface area contributed by atoms with Crippen LogP contribution in [0.15, 0.2) is 24.3 Å². The quantitative estimate of drug-likeness (QED) is 0.591. The predicted octanol–water partition coefficient (Wildman–Crippen LogP) is 5.42. The number of hydrogen-bond donors (Lipinski definition) is 0. The van der Waals surface area contributed by atoms with E-state index in [2.05, 4.69) is 0 Å². The minimum Gasteiger partial charge on any atom is -0.205 e. The number of fused-ring (bicyclic) bond motifs is 3. The Morgan fingerprint density at radius 3 is 2.25 bits per heavy atom. The van der Waals surface area contributed by atoms with E-state index in [1.807, 2.05) is 6.07 Å². The zero-order valence-electron chi connectivity index (χ0n) is 10.6. The van der Waals surface area contributed by atoms with Crippen molar-refractivity contribution in [3.8, 4) is 0 Å². The summed E-state index contributed by atoms with van der Waals surface area (Å²) in [5.74, 6) is -1.45. The number of hydrogen-bond acceptors (Lipinski definition) is 1. The Bertz CT molecular complexity index is 831. The van der Waals surface area contributed by atoms with Gasteiger partial charge in [0.05, 0.1) is 9.40 Å². The second kappa shape index (κ2) is 4.22. The van der Waals surface area contributed by atoms with Crippen LogP contribution in [0.4, 0.5) is 13.2 Å². The number of halogens is 3. The first-order valence-corrected chi connectivity index (χ1v) is 7.44. The van der Waals surface area contributed by atoms with Crippen LogP contribution >= 0.6 is 11.3 Å². The molecule has 0 atom stereocenters. The van der Waals surface area contributed by atoms with Crippen LogP contribution in [-0.4, -0.2) is 0 Å². The van der Waals surface area contributed by atoms with E-state index >= 15 is 0 Å². The first-order chi connectivity index (χ1) is 9.65. The average molecular weight is 292 g/mol. The van der Waals surface area contributed by atoms with E-state index in [0.29, 0.717) is 27.0 Å². The molecule has 1 aromatic heterocycles. The largest absolute Gasteiger partial charge is 0.205 e. The van der Waals surface area contributed by atoms with E-state index in [1.54, 1.807) is 6.07 Å². The summed E-state index contributed by atoms with van der Waals surface area (Å²) in [6, 6.07) is 6.22. The van der Waals surface area contributed by atoms with Crippen molar-refractivity contribution in [1.82, 2.24) is 0 Å². The maximum Gasteiger partial charge on any atom is 0.176 e. The van der Waals surface area contributed by atoms with Crippen molar-refractivity contribution in [2.45, 2.75) is 19.3 Å². The lowest BCUT2D eigenvalue weighted by atomic mass is 10.0. The summed E-state index contributed by atoms with van der Waals surface area (Å²) in [5.41, 5.74) is 0.687. The topological polar surface area (TPSA) is 0 Å². The lowest BCUT2D eigenvalue weighted by Gasteiger charge is -2.02. The van der Waals surface area contributed by atoms with Crippen LogP contribution in [0.3, 0.4) is 0 Å². The number of thiophene rings is 1. The zero-order chi connectivity index (χ0) is 13.9. The van der Waals surface area contributed by atoms with Gasteiger partial charge < -0.3 is 0 Å². The van der Waals surface area contributed by atoms with Gasteiger partial charge in [0, 0.05) is 10.8 Å². The highest BCUT2D eigenvalue weighted by Gasteiger charge is 2.24. The van der Waals surface area contributed by atoms with Crippen molar-refractivity contribution >= 4 is 31.5 Å². The summed E-state index contributed by atoms with van der Waals surface area (Å²) in [6.45, 7) is 0. The molecule has 1 saturated carbocycles. The summed E-state index contributed by atoms with van der Waals surface area (Å²) in [4.78, 5) is 0. The molecule has 1 fully saturated rings. The van der Waals surface area contributed by atoms with Gasteiger partial charge in [0.2, 0.25) is 0 Å². The highest BCUT2D eigenvalue weighted by Crippen LogP contribution is 2.40. The molecule has 0 radical (unpaired) electrons. The van der Waals surface area contributed by atoms with Gasteiger partial charge in [0.1, 0.15) is 5.82 Å². The third-order valence-corrected chi connectivity index (χ3v) is 5.13. The fraction of sp³-hybridized carbons (Fsp3) is 0.250. The molecule has 0 nitrogen and oxygen atoms in total. The number of benzene rings is 2. The Hall–Kier alpha value is -1.55. The molecule has 1 heterocycles. The Morgan fingerprint density at radius 2 is 1.55 bits per heavy atom. The number of rotatable bonds is 2. The van der Waals surface area contributed by atoms with Gasteiger partial charge in [-0.2, -0.15) is 0 Å². The molecule has 0 spiro atoms. The molecule has 0 amide bonds. The molecule has 3 aromatic rings. The smallest absolute Gasteiger partial charge is 0.176 e. The van der Waals surface area contributed by atoms with Gasteiger partial charge >= 0.3 is 0 Å². The van der Waals surface area contributed by atoms with Gasteiger partial charge in [-0.25, -0.2) is 13.2 Å². The van der Waals surface area contributed by atoms with Crippen molar-refractivity contribution in [2.75, 3.05) is 0 Å². The van der Waals surface area contributed by atoms with E-state index in [-0.39, 0.29) is 10.5 Å². The highest BCUT2D eigenvalue weighted by molar-refractivity contribution is 7.25. The van der Waals surface area contributed by atoms with Gasteiger partial charge in [-0.3, -0.25) is 0 Å². The molecule has 1 aliphatic rings. The fourth-order valence-corrected chi connectivity index (χ4v) is 3.83. The van der Waals surface area contributed by atoms with Crippen LogP contribution in [0.2, 0.25) is 0 Å². The molecule has 1 aliphatic carbocycles. The van der Waals surface area contributed by atoms with Crippen LogP contribution < -0.4 is 0 Å². The first-order valence-electron chi connectivity index (χ1n) is 6.62. The van der Waals surface area contributed by atoms with Gasteiger partial charge in [0.15, 0.2) is 11.6 Å².